The third-order valence-corrected chi connectivity index (χ3v) is 8.32. The molecule has 17 heavy (non-hydrogen) atoms. The monoisotopic (exact) mass is 324 g/mol. The van der Waals surface area contributed by atoms with Crippen LogP contribution in [0.25, 0.3) is 0 Å². The Morgan fingerprint density at radius 2 is 1.53 bits per heavy atom. The van der Waals surface area contributed by atoms with Crippen LogP contribution in [0.15, 0.2) is 8.42 Å². The van der Waals surface area contributed by atoms with Gasteiger partial charge < -0.3 is 9.47 Å². The van der Waals surface area contributed by atoms with Gasteiger partial charge in [-0.2, -0.15) is 0 Å². The third-order valence-electron chi connectivity index (χ3n) is 2.56. The summed E-state index contributed by atoms with van der Waals surface area (Å²) in [7, 11) is 0. The van der Waals surface area contributed by atoms with E-state index in [-0.39, 0.29) is 12.2 Å². The molecule has 0 amide bonds. The van der Waals surface area contributed by atoms with Crippen LogP contribution in [0.1, 0.15) is 13.8 Å². The van der Waals surface area contributed by atoms with Crippen molar-refractivity contribution < 1.29 is 9.47 Å². The summed E-state index contributed by atoms with van der Waals surface area (Å²) >= 11 is 12.4. The molecule has 0 bridgehead atoms. The van der Waals surface area contributed by atoms with Gasteiger partial charge in [0.25, 0.3) is 0 Å². The highest BCUT2D eigenvalue weighted by Crippen LogP contribution is 2.45. The minimum atomic E-state index is -0.430. The van der Waals surface area contributed by atoms with Crippen LogP contribution in [0.5, 0.6) is 0 Å². The molecule has 1 aromatic rings. The zero-order valence-electron chi connectivity index (χ0n) is 9.43. The molecule has 0 aliphatic carbocycles. The Morgan fingerprint density at radius 1 is 1.06 bits per heavy atom. The lowest BCUT2D eigenvalue weighted by molar-refractivity contribution is -0.142. The lowest BCUT2D eigenvalue weighted by Gasteiger charge is -2.18. The smallest absolute Gasteiger partial charge is 0.163 e. The maximum Gasteiger partial charge on any atom is 0.163 e. The Morgan fingerprint density at radius 3 is 2.00 bits per heavy atom. The lowest BCUT2D eigenvalue weighted by atomic mass is 10.3. The summed E-state index contributed by atoms with van der Waals surface area (Å²) < 4.78 is 15.6. The van der Waals surface area contributed by atoms with E-state index < -0.39 is 5.79 Å². The van der Waals surface area contributed by atoms with Gasteiger partial charge in [0.1, 0.15) is 3.14 Å². The van der Waals surface area contributed by atoms with Crippen molar-refractivity contribution >= 4 is 58.4 Å². The van der Waals surface area contributed by atoms with E-state index in [1.54, 1.807) is 22.7 Å². The number of hydrogen-bond acceptors (Lipinski definition) is 7. The SMILES string of the molecule is CC1(C)O[C@H]2CSc3sc(=S)sc3SC[C@@H]2O1. The van der Waals surface area contributed by atoms with Crippen LogP contribution in [-0.4, -0.2) is 29.5 Å². The van der Waals surface area contributed by atoms with E-state index in [2.05, 4.69) is 0 Å². The molecule has 94 valence electrons. The Balaban J connectivity index is 1.82. The molecule has 7 heteroatoms. The average Bonchev–Trinajstić information content (AvgIpc) is 2.70. The fourth-order valence-corrected chi connectivity index (χ4v) is 8.23. The maximum atomic E-state index is 5.94. The molecule has 2 aliphatic rings. The van der Waals surface area contributed by atoms with Gasteiger partial charge in [0.2, 0.25) is 0 Å². The van der Waals surface area contributed by atoms with Gasteiger partial charge in [0.15, 0.2) is 5.79 Å². The maximum absolute atomic E-state index is 5.94. The second-order valence-corrected chi connectivity index (χ2v) is 10.2. The van der Waals surface area contributed by atoms with Gasteiger partial charge >= 0.3 is 0 Å². The topological polar surface area (TPSA) is 18.5 Å². The normalized spacial score (nSPS) is 31.4. The second-order valence-electron chi connectivity index (χ2n) is 4.36. The van der Waals surface area contributed by atoms with Gasteiger partial charge in [-0.25, -0.2) is 0 Å². The predicted octanol–water partition coefficient (Wildman–Crippen LogP) is 4.26. The molecule has 3 heterocycles. The Labute approximate surface area is 122 Å². The summed E-state index contributed by atoms with van der Waals surface area (Å²) in [6.07, 6.45) is 0.410. The summed E-state index contributed by atoms with van der Waals surface area (Å²) in [4.78, 5) is 0. The third kappa shape index (κ3) is 2.75. The molecule has 3 rings (SSSR count). The summed E-state index contributed by atoms with van der Waals surface area (Å²) in [5, 5.41) is 0. The largest absolute Gasteiger partial charge is 0.344 e. The summed E-state index contributed by atoms with van der Waals surface area (Å²) in [5.74, 6) is 1.49. The standard InChI is InChI=1S/C10H12O2S5/c1-10(2)11-5-3-14-7-8(17-9(13)16-7)15-4-6(5)12-10/h5-6H,3-4H2,1-2H3/t5-,6-/m0/s1. The minimum Gasteiger partial charge on any atom is -0.344 e. The first-order valence-corrected chi connectivity index (χ1v) is 9.30. The first kappa shape index (κ1) is 12.9. The van der Waals surface area contributed by atoms with E-state index in [1.807, 2.05) is 37.4 Å². The van der Waals surface area contributed by atoms with Gasteiger partial charge in [-0.15, -0.1) is 46.2 Å². The van der Waals surface area contributed by atoms with Gasteiger partial charge in [0, 0.05) is 11.5 Å². The second kappa shape index (κ2) is 4.77. The van der Waals surface area contributed by atoms with E-state index in [9.17, 15) is 0 Å². The van der Waals surface area contributed by atoms with Crippen LogP contribution >= 0.6 is 58.4 Å². The number of rotatable bonds is 0. The van der Waals surface area contributed by atoms with Gasteiger partial charge in [-0.3, -0.25) is 0 Å². The fraction of sp³-hybridized carbons (Fsp3) is 0.700. The van der Waals surface area contributed by atoms with Crippen molar-refractivity contribution in [3.63, 3.8) is 0 Å². The highest BCUT2D eigenvalue weighted by atomic mass is 32.2. The zero-order valence-corrected chi connectivity index (χ0v) is 13.5. The molecular formula is C10H12O2S5. The van der Waals surface area contributed by atoms with E-state index in [0.717, 1.165) is 14.6 Å². The molecule has 0 saturated carbocycles. The highest BCUT2D eigenvalue weighted by Gasteiger charge is 2.42. The van der Waals surface area contributed by atoms with Gasteiger partial charge in [0.05, 0.1) is 20.6 Å². The van der Waals surface area contributed by atoms with Crippen molar-refractivity contribution in [1.29, 1.82) is 0 Å². The molecular weight excluding hydrogens is 312 g/mol. The highest BCUT2D eigenvalue weighted by molar-refractivity contribution is 8.05. The first-order valence-electron chi connectivity index (χ1n) is 5.29. The lowest BCUT2D eigenvalue weighted by Crippen LogP contribution is -2.27. The van der Waals surface area contributed by atoms with Crippen molar-refractivity contribution in [3.05, 3.63) is 3.14 Å². The van der Waals surface area contributed by atoms with Crippen LogP contribution in [0.4, 0.5) is 0 Å². The van der Waals surface area contributed by atoms with Crippen molar-refractivity contribution in [3.8, 4) is 0 Å². The Bertz CT molecular complexity index is 439. The molecule has 0 N–H and O–H groups in total. The number of ether oxygens (including phenoxy) is 2. The van der Waals surface area contributed by atoms with Crippen molar-refractivity contribution in [2.75, 3.05) is 11.5 Å². The Hall–Kier alpha value is 0.890. The van der Waals surface area contributed by atoms with Crippen LogP contribution in [0.3, 0.4) is 0 Å². The number of hydrogen-bond donors (Lipinski definition) is 0. The minimum absolute atomic E-state index is 0.205. The fourth-order valence-electron chi connectivity index (χ4n) is 1.94. The summed E-state index contributed by atoms with van der Waals surface area (Å²) in [5.41, 5.74) is 0. The molecule has 2 nitrogen and oxygen atoms in total. The quantitative estimate of drug-likeness (QED) is 0.662. The summed E-state index contributed by atoms with van der Waals surface area (Å²) in [6, 6.07) is 0. The molecule has 1 saturated heterocycles. The molecule has 0 aromatic carbocycles. The molecule has 0 spiro atoms. The Kier molecular flexibility index (Phi) is 3.62. The zero-order chi connectivity index (χ0) is 12.0. The van der Waals surface area contributed by atoms with E-state index >= 15 is 0 Å². The van der Waals surface area contributed by atoms with E-state index in [1.165, 1.54) is 8.42 Å². The first-order chi connectivity index (χ1) is 8.03. The van der Waals surface area contributed by atoms with Crippen molar-refractivity contribution in [2.45, 2.75) is 40.3 Å². The van der Waals surface area contributed by atoms with Crippen LogP contribution in [0.2, 0.25) is 0 Å². The number of thioether (sulfide) groups is 2. The summed E-state index contributed by atoms with van der Waals surface area (Å²) in [6.45, 7) is 3.99. The van der Waals surface area contributed by atoms with Gasteiger partial charge in [-0.1, -0.05) is 12.2 Å². The van der Waals surface area contributed by atoms with Crippen LogP contribution in [-0.2, 0) is 9.47 Å². The van der Waals surface area contributed by atoms with Crippen LogP contribution < -0.4 is 0 Å². The van der Waals surface area contributed by atoms with E-state index in [4.69, 9.17) is 21.7 Å². The molecule has 2 aliphatic heterocycles. The molecule has 0 radical (unpaired) electrons. The van der Waals surface area contributed by atoms with Crippen LogP contribution in [0, 0.1) is 3.14 Å². The van der Waals surface area contributed by atoms with E-state index in [0.29, 0.717) is 0 Å². The average molecular weight is 325 g/mol. The number of fused-ring (bicyclic) bond motifs is 2. The molecule has 2 atom stereocenters. The molecule has 1 fully saturated rings. The van der Waals surface area contributed by atoms with Crippen molar-refractivity contribution in [1.82, 2.24) is 0 Å². The van der Waals surface area contributed by atoms with Crippen molar-refractivity contribution in [2.24, 2.45) is 0 Å². The molecule has 1 aromatic heterocycles. The molecule has 0 unspecified atom stereocenters. The predicted molar refractivity (Wildman–Crippen MR) is 78.3 cm³/mol. The van der Waals surface area contributed by atoms with Gasteiger partial charge in [-0.05, 0) is 13.8 Å².